The first-order valence-corrected chi connectivity index (χ1v) is 11.2. The maximum Gasteiger partial charge on any atom is 0.276 e. The van der Waals surface area contributed by atoms with E-state index < -0.39 is 0 Å². The van der Waals surface area contributed by atoms with Gasteiger partial charge >= 0.3 is 0 Å². The van der Waals surface area contributed by atoms with E-state index in [1.54, 1.807) is 19.2 Å². The van der Waals surface area contributed by atoms with E-state index in [2.05, 4.69) is 20.0 Å². The highest BCUT2D eigenvalue weighted by molar-refractivity contribution is 6.31. The molecule has 33 heavy (non-hydrogen) atoms. The highest BCUT2D eigenvalue weighted by atomic mass is 35.5. The molecule has 5 rings (SSSR count). The average molecular weight is 464 g/mol. The predicted molar refractivity (Wildman–Crippen MR) is 126 cm³/mol. The van der Waals surface area contributed by atoms with Crippen LogP contribution in [0.25, 0.3) is 5.65 Å². The number of hydrogen-bond acceptors (Lipinski definition) is 4. The zero-order valence-electron chi connectivity index (χ0n) is 18.2. The monoisotopic (exact) mass is 463 g/mol. The van der Waals surface area contributed by atoms with Gasteiger partial charge in [0.15, 0.2) is 5.65 Å². The third kappa shape index (κ3) is 3.98. The molecule has 0 aliphatic carbocycles. The second-order valence-corrected chi connectivity index (χ2v) is 8.53. The first-order valence-electron chi connectivity index (χ1n) is 10.9. The lowest BCUT2D eigenvalue weighted by molar-refractivity contribution is -0.364. The molecule has 1 aliphatic heterocycles. The number of H-pyrrole nitrogens is 2. The number of fused-ring (bicyclic) bond motifs is 1. The van der Waals surface area contributed by atoms with E-state index >= 15 is 0 Å². The summed E-state index contributed by atoms with van der Waals surface area (Å²) in [7, 11) is 0. The number of rotatable bonds is 4. The number of pyridine rings is 1. The molecule has 4 heterocycles. The Labute approximate surface area is 195 Å². The van der Waals surface area contributed by atoms with Gasteiger partial charge in [0.1, 0.15) is 18.7 Å². The average Bonchev–Trinajstić information content (AvgIpc) is 3.27. The summed E-state index contributed by atoms with van der Waals surface area (Å²) in [6, 6.07) is 13.4. The van der Waals surface area contributed by atoms with Gasteiger partial charge in [0, 0.05) is 35.0 Å². The SMILES string of the molecule is Cc1nc2c(C(=O)N3CCN(c4cccc[nH+]4)CC3)c[nH]n2c(=O)c1Cc1ccccc1Cl. The van der Waals surface area contributed by atoms with Gasteiger partial charge in [-0.25, -0.2) is 14.5 Å². The minimum Gasteiger partial charge on any atom is -0.331 e. The van der Waals surface area contributed by atoms with E-state index in [0.29, 0.717) is 47.0 Å². The van der Waals surface area contributed by atoms with Crippen LogP contribution in [-0.2, 0) is 6.42 Å². The molecule has 1 amide bonds. The summed E-state index contributed by atoms with van der Waals surface area (Å²) in [6.07, 6.45) is 3.84. The molecule has 168 valence electrons. The number of benzene rings is 1. The maximum absolute atomic E-state index is 13.3. The number of nitrogens with zero attached hydrogens (tertiary/aromatic N) is 4. The number of hydrogen-bond donors (Lipinski definition) is 1. The third-order valence-electron chi connectivity index (χ3n) is 6.12. The van der Waals surface area contributed by atoms with Gasteiger partial charge in [-0.2, -0.15) is 0 Å². The van der Waals surface area contributed by atoms with E-state index in [-0.39, 0.29) is 11.5 Å². The molecule has 9 heteroatoms. The zero-order valence-corrected chi connectivity index (χ0v) is 19.0. The molecule has 0 bridgehead atoms. The lowest BCUT2D eigenvalue weighted by Gasteiger charge is -2.30. The lowest BCUT2D eigenvalue weighted by atomic mass is 10.0. The lowest BCUT2D eigenvalue weighted by Crippen LogP contribution is -2.50. The van der Waals surface area contributed by atoms with E-state index in [0.717, 1.165) is 24.5 Å². The molecule has 0 saturated carbocycles. The van der Waals surface area contributed by atoms with E-state index in [1.807, 2.05) is 47.5 Å². The van der Waals surface area contributed by atoms with E-state index in [4.69, 9.17) is 11.6 Å². The van der Waals surface area contributed by atoms with Crippen molar-refractivity contribution in [2.75, 3.05) is 31.1 Å². The Hall–Kier alpha value is -3.65. The molecule has 0 atom stereocenters. The van der Waals surface area contributed by atoms with Crippen molar-refractivity contribution in [3.05, 3.63) is 92.6 Å². The van der Waals surface area contributed by atoms with Gasteiger partial charge in [0.25, 0.3) is 17.3 Å². The normalized spacial score (nSPS) is 14.1. The molecular weight excluding hydrogens is 440 g/mol. The van der Waals surface area contributed by atoms with Crippen molar-refractivity contribution in [3.8, 4) is 0 Å². The Balaban J connectivity index is 1.39. The Bertz CT molecular complexity index is 1370. The molecular formula is C24H24ClN6O2+. The largest absolute Gasteiger partial charge is 0.331 e. The van der Waals surface area contributed by atoms with Crippen LogP contribution in [0.2, 0.25) is 5.02 Å². The molecule has 0 radical (unpaired) electrons. The van der Waals surface area contributed by atoms with Gasteiger partial charge in [0.05, 0.1) is 19.3 Å². The highest BCUT2D eigenvalue weighted by Gasteiger charge is 2.29. The summed E-state index contributed by atoms with van der Waals surface area (Å²) in [4.78, 5) is 38.3. The van der Waals surface area contributed by atoms with Crippen LogP contribution in [0.15, 0.2) is 59.7 Å². The van der Waals surface area contributed by atoms with Crippen LogP contribution in [0.5, 0.6) is 0 Å². The van der Waals surface area contributed by atoms with Crippen molar-refractivity contribution in [3.63, 3.8) is 0 Å². The second-order valence-electron chi connectivity index (χ2n) is 8.12. The zero-order chi connectivity index (χ0) is 22.9. The molecule has 3 aromatic heterocycles. The van der Waals surface area contributed by atoms with Crippen LogP contribution in [0, 0.1) is 6.92 Å². The summed E-state index contributed by atoms with van der Waals surface area (Å²) in [5.74, 6) is 0.905. The van der Waals surface area contributed by atoms with Crippen molar-refractivity contribution in [1.82, 2.24) is 19.5 Å². The number of nitrogens with one attached hydrogen (secondary N) is 2. The van der Waals surface area contributed by atoms with Crippen molar-refractivity contribution < 1.29 is 9.78 Å². The van der Waals surface area contributed by atoms with Crippen molar-refractivity contribution in [2.24, 2.45) is 0 Å². The van der Waals surface area contributed by atoms with Gasteiger partial charge in [-0.3, -0.25) is 19.6 Å². The van der Waals surface area contributed by atoms with Gasteiger partial charge in [-0.1, -0.05) is 35.9 Å². The Kier molecular flexibility index (Phi) is 5.60. The van der Waals surface area contributed by atoms with E-state index in [9.17, 15) is 9.59 Å². The number of aromatic amines is 2. The summed E-state index contributed by atoms with van der Waals surface area (Å²) < 4.78 is 1.35. The smallest absolute Gasteiger partial charge is 0.276 e. The van der Waals surface area contributed by atoms with Gasteiger partial charge in [-0.15, -0.1) is 0 Å². The fraction of sp³-hybridized carbons (Fsp3) is 0.250. The Morgan fingerprint density at radius 2 is 1.88 bits per heavy atom. The van der Waals surface area contributed by atoms with Crippen molar-refractivity contribution in [1.29, 1.82) is 0 Å². The Morgan fingerprint density at radius 1 is 1.12 bits per heavy atom. The maximum atomic E-state index is 13.3. The summed E-state index contributed by atoms with van der Waals surface area (Å²) in [5.41, 5.74) is 2.54. The van der Waals surface area contributed by atoms with Crippen LogP contribution < -0.4 is 15.4 Å². The minimum atomic E-state index is -0.221. The van der Waals surface area contributed by atoms with Crippen molar-refractivity contribution in [2.45, 2.75) is 13.3 Å². The van der Waals surface area contributed by atoms with Crippen LogP contribution in [0.1, 0.15) is 27.2 Å². The fourth-order valence-electron chi connectivity index (χ4n) is 4.25. The second kappa shape index (κ2) is 8.71. The number of carbonyl (C=O) groups excluding carboxylic acids is 1. The van der Waals surface area contributed by atoms with Crippen LogP contribution in [0.3, 0.4) is 0 Å². The van der Waals surface area contributed by atoms with Crippen LogP contribution in [0.4, 0.5) is 5.82 Å². The van der Waals surface area contributed by atoms with Crippen LogP contribution in [-0.4, -0.2) is 51.6 Å². The number of aromatic nitrogens is 4. The molecule has 2 N–H and O–H groups in total. The third-order valence-corrected chi connectivity index (χ3v) is 6.49. The fourth-order valence-corrected chi connectivity index (χ4v) is 4.45. The standard InChI is InChI=1S/C24H23ClN6O2/c1-16-18(14-17-6-2-3-7-20(17)25)24(33)31-22(28-16)19(15-27-31)23(32)30-12-10-29(11-13-30)21-8-4-5-9-26-21/h2-9,15,27H,10-14H2,1H3/p+1. The first-order chi connectivity index (χ1) is 16.0. The van der Waals surface area contributed by atoms with Crippen molar-refractivity contribution >= 4 is 29.0 Å². The highest BCUT2D eigenvalue weighted by Crippen LogP contribution is 2.20. The summed E-state index contributed by atoms with van der Waals surface area (Å²) in [5, 5.41) is 3.53. The molecule has 8 nitrogen and oxygen atoms in total. The van der Waals surface area contributed by atoms with Crippen LogP contribution >= 0.6 is 11.6 Å². The first kappa shape index (κ1) is 21.2. The van der Waals surface area contributed by atoms with Gasteiger partial charge < -0.3 is 4.90 Å². The number of anilines is 1. The van der Waals surface area contributed by atoms with Gasteiger partial charge in [0.2, 0.25) is 0 Å². The summed E-state index contributed by atoms with van der Waals surface area (Å²) in [6.45, 7) is 4.43. The molecule has 4 aromatic rings. The molecule has 0 spiro atoms. The topological polar surface area (TPSA) is 87.8 Å². The van der Waals surface area contributed by atoms with Gasteiger partial charge in [-0.05, 0) is 24.6 Å². The molecule has 1 aliphatic rings. The molecule has 1 saturated heterocycles. The number of aryl methyl sites for hydroxylation is 1. The number of carbonyl (C=O) groups is 1. The van der Waals surface area contributed by atoms with E-state index in [1.165, 1.54) is 4.52 Å². The number of amides is 1. The predicted octanol–water partition coefficient (Wildman–Crippen LogP) is 2.35. The minimum absolute atomic E-state index is 0.129. The number of halogens is 1. The molecule has 0 unspecified atom stereocenters. The quantitative estimate of drug-likeness (QED) is 0.503. The summed E-state index contributed by atoms with van der Waals surface area (Å²) >= 11 is 6.29. The number of piperazine rings is 1. The molecule has 1 aromatic carbocycles. The Morgan fingerprint density at radius 3 is 2.61 bits per heavy atom. The molecule has 1 fully saturated rings.